The first-order valence-electron chi connectivity index (χ1n) is 10.1. The first kappa shape index (κ1) is 24.9. The molecule has 0 aliphatic carbocycles. The number of hydrogen-bond acceptors (Lipinski definition) is 12. The lowest BCUT2D eigenvalue weighted by molar-refractivity contribution is -0.0530. The van der Waals surface area contributed by atoms with Gasteiger partial charge in [0.05, 0.1) is 35.9 Å². The van der Waals surface area contributed by atoms with Gasteiger partial charge in [-0.15, -0.1) is 0 Å². The Labute approximate surface area is 197 Å². The molecule has 16 heteroatoms. The molecule has 2 aliphatic rings. The van der Waals surface area contributed by atoms with Crippen molar-refractivity contribution in [2.75, 3.05) is 13.2 Å². The number of aromatic nitrogens is 4. The maximum atomic E-state index is 12.1. The fourth-order valence-electron chi connectivity index (χ4n) is 3.81. The van der Waals surface area contributed by atoms with Crippen molar-refractivity contribution in [3.8, 4) is 0 Å². The third kappa shape index (κ3) is 4.67. The molecule has 0 aromatic carbocycles. The second-order valence-electron chi connectivity index (χ2n) is 7.63. The Morgan fingerprint density at radius 1 is 0.765 bits per heavy atom. The molecular formula is C18H22N4O10S2. The maximum absolute atomic E-state index is 12.1. The third-order valence-electron chi connectivity index (χ3n) is 5.51. The SMILES string of the molecule is O=c1ccn([C@@H]2O[C@H](CO)[C@@H](SS[C@H]3[C@@H](O)[C@H](n4ccc(=O)[nH]c4=O)O[C@@H]3CO)[C@H]2O)c(=O)[nH]1. The van der Waals surface area contributed by atoms with Gasteiger partial charge >= 0.3 is 11.4 Å². The Balaban J connectivity index is 1.50. The van der Waals surface area contributed by atoms with Gasteiger partial charge in [-0.2, -0.15) is 0 Å². The van der Waals surface area contributed by atoms with E-state index in [9.17, 15) is 39.6 Å². The molecule has 2 aromatic rings. The molecule has 8 atom stereocenters. The van der Waals surface area contributed by atoms with E-state index in [1.807, 2.05) is 0 Å². The lowest BCUT2D eigenvalue weighted by Gasteiger charge is -2.23. The number of nitrogens with zero attached hydrogens (tertiary/aromatic N) is 2. The van der Waals surface area contributed by atoms with Crippen LogP contribution >= 0.6 is 21.6 Å². The number of aliphatic hydroxyl groups excluding tert-OH is 4. The van der Waals surface area contributed by atoms with Crippen molar-refractivity contribution in [2.24, 2.45) is 0 Å². The van der Waals surface area contributed by atoms with Crippen molar-refractivity contribution >= 4 is 21.6 Å². The zero-order valence-electron chi connectivity index (χ0n) is 17.3. The summed E-state index contributed by atoms with van der Waals surface area (Å²) in [6, 6.07) is 2.19. The molecule has 34 heavy (non-hydrogen) atoms. The minimum absolute atomic E-state index is 0.480. The minimum atomic E-state index is -1.28. The molecule has 2 saturated heterocycles. The number of aromatic amines is 2. The minimum Gasteiger partial charge on any atom is -0.394 e. The molecule has 0 spiro atoms. The molecule has 2 fully saturated rings. The third-order valence-corrected chi connectivity index (χ3v) is 8.89. The summed E-state index contributed by atoms with van der Waals surface area (Å²) in [4.78, 5) is 51.0. The van der Waals surface area contributed by atoms with Gasteiger partial charge in [0.15, 0.2) is 12.5 Å². The van der Waals surface area contributed by atoms with Gasteiger partial charge in [0.25, 0.3) is 11.1 Å². The van der Waals surface area contributed by atoms with E-state index in [-0.39, 0.29) is 0 Å². The van der Waals surface area contributed by atoms with E-state index >= 15 is 0 Å². The molecule has 4 rings (SSSR count). The first-order valence-corrected chi connectivity index (χ1v) is 12.4. The van der Waals surface area contributed by atoms with Gasteiger partial charge < -0.3 is 29.9 Å². The Kier molecular flexibility index (Phi) is 7.48. The highest BCUT2D eigenvalue weighted by atomic mass is 33.1. The molecule has 186 valence electrons. The lowest BCUT2D eigenvalue weighted by Crippen LogP contribution is -2.37. The summed E-state index contributed by atoms with van der Waals surface area (Å²) in [5.74, 6) is 0. The molecule has 0 unspecified atom stereocenters. The summed E-state index contributed by atoms with van der Waals surface area (Å²) in [6.45, 7) is -0.959. The van der Waals surface area contributed by atoms with Crippen LogP contribution in [0.4, 0.5) is 0 Å². The number of aliphatic hydroxyl groups is 4. The highest BCUT2D eigenvalue weighted by Crippen LogP contribution is 2.47. The van der Waals surface area contributed by atoms with Crippen LogP contribution < -0.4 is 22.5 Å². The van der Waals surface area contributed by atoms with E-state index < -0.39 is 83.1 Å². The van der Waals surface area contributed by atoms with Crippen LogP contribution in [0.3, 0.4) is 0 Å². The highest BCUT2D eigenvalue weighted by Gasteiger charge is 2.49. The highest BCUT2D eigenvalue weighted by molar-refractivity contribution is 8.77. The largest absolute Gasteiger partial charge is 0.394 e. The van der Waals surface area contributed by atoms with Crippen LogP contribution in [0, 0.1) is 0 Å². The molecule has 0 bridgehead atoms. The number of hydrogen-bond donors (Lipinski definition) is 6. The number of nitrogens with one attached hydrogen (secondary N) is 2. The fourth-order valence-corrected chi connectivity index (χ4v) is 7.31. The van der Waals surface area contributed by atoms with Crippen molar-refractivity contribution in [2.45, 2.75) is 47.4 Å². The monoisotopic (exact) mass is 518 g/mol. The molecule has 2 aromatic heterocycles. The Morgan fingerprint density at radius 3 is 1.47 bits per heavy atom. The molecule has 0 amide bonds. The zero-order valence-corrected chi connectivity index (χ0v) is 18.9. The van der Waals surface area contributed by atoms with Gasteiger partial charge in [-0.25, -0.2) is 9.59 Å². The predicted octanol–water partition coefficient (Wildman–Crippen LogP) is -3.29. The topological polar surface area (TPSA) is 209 Å². The molecule has 6 N–H and O–H groups in total. The Hall–Kier alpha value is -2.18. The smallest absolute Gasteiger partial charge is 0.330 e. The van der Waals surface area contributed by atoms with Crippen LogP contribution in [0.15, 0.2) is 43.7 Å². The van der Waals surface area contributed by atoms with Gasteiger partial charge in [0, 0.05) is 24.5 Å². The average Bonchev–Trinajstić information content (AvgIpc) is 3.28. The molecule has 4 heterocycles. The lowest BCUT2D eigenvalue weighted by atomic mass is 10.2. The molecule has 0 saturated carbocycles. The number of rotatable bonds is 7. The average molecular weight is 519 g/mol. The van der Waals surface area contributed by atoms with Crippen molar-refractivity contribution in [3.63, 3.8) is 0 Å². The first-order chi connectivity index (χ1) is 16.2. The number of H-pyrrole nitrogens is 2. The van der Waals surface area contributed by atoms with Gasteiger partial charge in [-0.3, -0.25) is 28.7 Å². The summed E-state index contributed by atoms with van der Waals surface area (Å²) in [7, 11) is 2.11. The molecule has 2 aliphatic heterocycles. The van der Waals surface area contributed by atoms with Crippen LogP contribution in [-0.2, 0) is 9.47 Å². The van der Waals surface area contributed by atoms with Gasteiger partial charge in [-0.05, 0) is 0 Å². The van der Waals surface area contributed by atoms with Crippen LogP contribution in [0.5, 0.6) is 0 Å². The Morgan fingerprint density at radius 2 is 1.15 bits per heavy atom. The summed E-state index contributed by atoms with van der Waals surface area (Å²) >= 11 is 0. The van der Waals surface area contributed by atoms with Gasteiger partial charge in [-0.1, -0.05) is 21.6 Å². The standard InChI is InChI=1S/C18H22N4O10S2/c23-5-7-13(11(27)15(31-7)21-3-1-9(25)19-17(21)29)33-34-14-8(6-24)32-16(12(14)28)22-4-2-10(26)20-18(22)30/h1-4,7-8,11-16,23-24,27-28H,5-6H2,(H,19,25,29)(H,20,26,30)/t7-,8-,11-,12-,13-,14-,15-,16-/m1/s1. The zero-order chi connectivity index (χ0) is 24.6. The predicted molar refractivity (Wildman–Crippen MR) is 119 cm³/mol. The summed E-state index contributed by atoms with van der Waals surface area (Å²) in [5.41, 5.74) is -2.81. The van der Waals surface area contributed by atoms with Crippen molar-refractivity contribution in [1.82, 2.24) is 19.1 Å². The van der Waals surface area contributed by atoms with Crippen LogP contribution in [0.1, 0.15) is 12.5 Å². The normalized spacial score (nSPS) is 33.4. The van der Waals surface area contributed by atoms with Gasteiger partial charge in [0.1, 0.15) is 12.2 Å². The van der Waals surface area contributed by atoms with Crippen molar-refractivity contribution < 1.29 is 29.9 Å². The van der Waals surface area contributed by atoms with Crippen LogP contribution in [0.25, 0.3) is 0 Å². The fraction of sp³-hybridized carbons (Fsp3) is 0.556. The summed E-state index contributed by atoms with van der Waals surface area (Å²) < 4.78 is 13.3. The van der Waals surface area contributed by atoms with E-state index in [2.05, 4.69) is 9.97 Å². The van der Waals surface area contributed by atoms with Gasteiger partial charge in [0.2, 0.25) is 0 Å². The quantitative estimate of drug-likeness (QED) is 0.199. The van der Waals surface area contributed by atoms with E-state index in [1.165, 1.54) is 12.4 Å². The molecule has 0 radical (unpaired) electrons. The molecular weight excluding hydrogens is 496 g/mol. The van der Waals surface area contributed by atoms with E-state index in [1.54, 1.807) is 0 Å². The van der Waals surface area contributed by atoms with Crippen molar-refractivity contribution in [1.29, 1.82) is 0 Å². The Bertz CT molecular complexity index is 1150. The maximum Gasteiger partial charge on any atom is 0.330 e. The summed E-state index contributed by atoms with van der Waals surface area (Å²) in [6.07, 6.45) is -4.33. The van der Waals surface area contributed by atoms with Crippen LogP contribution in [0.2, 0.25) is 0 Å². The second-order valence-corrected chi connectivity index (χ2v) is 10.3. The van der Waals surface area contributed by atoms with Crippen LogP contribution in [-0.4, -0.2) is 87.7 Å². The van der Waals surface area contributed by atoms with Crippen molar-refractivity contribution in [3.05, 3.63) is 66.2 Å². The molecule has 14 nitrogen and oxygen atoms in total. The summed E-state index contributed by atoms with van der Waals surface area (Å²) in [5, 5.41) is 39.6. The number of ether oxygens (including phenoxy) is 2. The second kappa shape index (κ2) is 10.2. The van der Waals surface area contributed by atoms with E-state index in [0.717, 1.165) is 42.9 Å². The van der Waals surface area contributed by atoms with E-state index in [4.69, 9.17) is 9.47 Å². The van der Waals surface area contributed by atoms with E-state index in [0.29, 0.717) is 0 Å².